The van der Waals surface area contributed by atoms with E-state index in [0.29, 0.717) is 6.54 Å². The number of rotatable bonds is 5. The maximum atomic E-state index is 13.4. The summed E-state index contributed by atoms with van der Waals surface area (Å²) in [6, 6.07) is 8.94. The first-order chi connectivity index (χ1) is 11.0. The van der Waals surface area contributed by atoms with Crippen LogP contribution in [0.15, 0.2) is 35.9 Å². The summed E-state index contributed by atoms with van der Waals surface area (Å²) in [5, 5.41) is 0. The third-order valence-corrected chi connectivity index (χ3v) is 3.97. The number of hydrogen-bond donors (Lipinski definition) is 0. The van der Waals surface area contributed by atoms with Gasteiger partial charge >= 0.3 is 0 Å². The Morgan fingerprint density at radius 1 is 1.17 bits per heavy atom. The van der Waals surface area contributed by atoms with E-state index in [4.69, 9.17) is 16.3 Å². The van der Waals surface area contributed by atoms with Gasteiger partial charge in [-0.1, -0.05) is 17.7 Å². The van der Waals surface area contributed by atoms with E-state index in [1.165, 1.54) is 17.7 Å². The molecule has 23 heavy (non-hydrogen) atoms. The normalized spacial score (nSPS) is 11.0. The molecule has 2 aromatic carbocycles. The van der Waals surface area contributed by atoms with Crippen LogP contribution in [0.3, 0.4) is 0 Å². The average molecular weight is 334 g/mol. The second-order valence-corrected chi connectivity index (χ2v) is 5.86. The molecule has 0 heterocycles. The fourth-order valence-electron chi connectivity index (χ4n) is 2.75. The summed E-state index contributed by atoms with van der Waals surface area (Å²) in [4.78, 5) is 2.12. The quantitative estimate of drug-likeness (QED) is 0.736. The van der Waals surface area contributed by atoms with Crippen LogP contribution >= 0.6 is 11.6 Å². The molecule has 4 heteroatoms. The zero-order valence-electron chi connectivity index (χ0n) is 13.9. The lowest BCUT2D eigenvalue weighted by Crippen LogP contribution is -2.17. The molecule has 0 amide bonds. The zero-order valence-corrected chi connectivity index (χ0v) is 14.6. The molecule has 122 valence electrons. The van der Waals surface area contributed by atoms with Crippen LogP contribution in [-0.4, -0.2) is 14.2 Å². The number of methoxy groups -OCH3 is 1. The Morgan fingerprint density at radius 2 is 1.83 bits per heavy atom. The van der Waals surface area contributed by atoms with Gasteiger partial charge in [-0.05, 0) is 66.4 Å². The highest BCUT2D eigenvalue weighted by Crippen LogP contribution is 2.29. The molecule has 0 atom stereocenters. The third kappa shape index (κ3) is 4.05. The molecule has 2 rings (SSSR count). The van der Waals surface area contributed by atoms with Crippen molar-refractivity contribution in [2.24, 2.45) is 0 Å². The second kappa shape index (κ2) is 7.51. The number of anilines is 1. The highest BCUT2D eigenvalue weighted by Gasteiger charge is 2.10. The van der Waals surface area contributed by atoms with Crippen LogP contribution in [0, 0.1) is 19.7 Å². The smallest absolute Gasteiger partial charge is 0.124 e. The van der Waals surface area contributed by atoms with Gasteiger partial charge < -0.3 is 9.64 Å². The molecule has 0 spiro atoms. The van der Waals surface area contributed by atoms with Crippen molar-refractivity contribution in [2.45, 2.75) is 20.4 Å². The first-order valence-corrected chi connectivity index (χ1v) is 7.81. The summed E-state index contributed by atoms with van der Waals surface area (Å²) in [5.74, 6) is 0.645. The highest BCUT2D eigenvalue weighted by atomic mass is 35.5. The topological polar surface area (TPSA) is 12.5 Å². The Kier molecular flexibility index (Phi) is 5.67. The van der Waals surface area contributed by atoms with E-state index in [9.17, 15) is 4.39 Å². The van der Waals surface area contributed by atoms with Crippen molar-refractivity contribution >= 4 is 23.4 Å². The number of halogens is 2. The van der Waals surface area contributed by atoms with Crippen LogP contribution < -0.4 is 9.64 Å². The van der Waals surface area contributed by atoms with E-state index in [2.05, 4.69) is 17.0 Å². The number of aryl methyl sites for hydroxylation is 2. The van der Waals surface area contributed by atoms with Gasteiger partial charge in [0.15, 0.2) is 0 Å². The monoisotopic (exact) mass is 333 g/mol. The van der Waals surface area contributed by atoms with Crippen molar-refractivity contribution in [1.82, 2.24) is 0 Å². The molecule has 0 fully saturated rings. The Balaban J connectivity index is 2.31. The molecule has 0 aliphatic heterocycles. The van der Waals surface area contributed by atoms with E-state index in [1.807, 2.05) is 20.9 Å². The lowest BCUT2D eigenvalue weighted by atomic mass is 10.1. The van der Waals surface area contributed by atoms with Crippen LogP contribution in [0.2, 0.25) is 0 Å². The number of hydrogen-bond acceptors (Lipinski definition) is 2. The van der Waals surface area contributed by atoms with Crippen molar-refractivity contribution in [2.75, 3.05) is 19.1 Å². The molecular weight excluding hydrogens is 313 g/mol. The van der Waals surface area contributed by atoms with E-state index < -0.39 is 0 Å². The molecule has 0 unspecified atom stereocenters. The summed E-state index contributed by atoms with van der Waals surface area (Å²) >= 11 is 5.66. The predicted molar refractivity (Wildman–Crippen MR) is 95.9 cm³/mol. The van der Waals surface area contributed by atoms with Gasteiger partial charge in [0, 0.05) is 24.8 Å². The maximum Gasteiger partial charge on any atom is 0.124 e. The Hall–Kier alpha value is -2.00. The molecule has 0 aliphatic carbocycles. The first kappa shape index (κ1) is 17.4. The molecule has 0 saturated carbocycles. The van der Waals surface area contributed by atoms with Crippen LogP contribution in [0.4, 0.5) is 10.1 Å². The summed E-state index contributed by atoms with van der Waals surface area (Å²) in [6.07, 6.45) is 1.71. The van der Waals surface area contributed by atoms with Crippen molar-refractivity contribution in [1.29, 1.82) is 0 Å². The van der Waals surface area contributed by atoms with E-state index in [0.717, 1.165) is 33.7 Å². The lowest BCUT2D eigenvalue weighted by Gasteiger charge is -2.23. The minimum Gasteiger partial charge on any atom is -0.496 e. The maximum absolute atomic E-state index is 13.4. The van der Waals surface area contributed by atoms with Gasteiger partial charge in [-0.25, -0.2) is 4.39 Å². The van der Waals surface area contributed by atoms with E-state index in [1.54, 1.807) is 19.3 Å². The van der Waals surface area contributed by atoms with E-state index in [-0.39, 0.29) is 5.82 Å². The molecule has 2 nitrogen and oxygen atoms in total. The summed E-state index contributed by atoms with van der Waals surface area (Å²) in [6.45, 7) is 4.72. The average Bonchev–Trinajstić information content (AvgIpc) is 2.50. The Morgan fingerprint density at radius 3 is 2.39 bits per heavy atom. The highest BCUT2D eigenvalue weighted by molar-refractivity contribution is 6.27. The zero-order chi connectivity index (χ0) is 17.0. The number of ether oxygens (including phenoxy) is 1. The largest absolute Gasteiger partial charge is 0.496 e. The van der Waals surface area contributed by atoms with Gasteiger partial charge in [0.1, 0.15) is 11.6 Å². The molecule has 0 N–H and O–H groups in total. The molecule has 0 radical (unpaired) electrons. The molecule has 0 bridgehead atoms. The minimum absolute atomic E-state index is 0.266. The standard InChI is InChI=1S/C19H21ClFNO/c1-13-9-18(10-14(2)19(13)23-4)22(3)12-16-5-6-17(21)11-15(16)7-8-20/h5-11H,12H2,1-4H3/b8-7-. The molecular formula is C19H21ClFNO. The van der Waals surface area contributed by atoms with Crippen molar-refractivity contribution in [3.05, 3.63) is 63.9 Å². The second-order valence-electron chi connectivity index (χ2n) is 5.60. The molecule has 2 aromatic rings. The predicted octanol–water partition coefficient (Wildman–Crippen LogP) is 5.30. The Bertz CT molecular complexity index is 704. The van der Waals surface area contributed by atoms with Gasteiger partial charge in [0.2, 0.25) is 0 Å². The van der Waals surface area contributed by atoms with Crippen molar-refractivity contribution in [3.8, 4) is 5.75 Å². The van der Waals surface area contributed by atoms with Crippen LogP contribution in [0.5, 0.6) is 5.75 Å². The van der Waals surface area contributed by atoms with Crippen LogP contribution in [-0.2, 0) is 6.54 Å². The first-order valence-electron chi connectivity index (χ1n) is 7.37. The van der Waals surface area contributed by atoms with Crippen molar-refractivity contribution < 1.29 is 9.13 Å². The van der Waals surface area contributed by atoms with Gasteiger partial charge in [-0.15, -0.1) is 0 Å². The fraction of sp³-hybridized carbons (Fsp3) is 0.263. The Labute approximate surface area is 142 Å². The van der Waals surface area contributed by atoms with Gasteiger partial charge in [0.25, 0.3) is 0 Å². The number of nitrogens with zero attached hydrogens (tertiary/aromatic N) is 1. The van der Waals surface area contributed by atoms with Crippen LogP contribution in [0.1, 0.15) is 22.3 Å². The summed E-state index contributed by atoms with van der Waals surface area (Å²) in [5.41, 5.74) is 6.47. The van der Waals surface area contributed by atoms with Crippen LogP contribution in [0.25, 0.3) is 6.08 Å². The summed E-state index contributed by atoms with van der Waals surface area (Å²) in [7, 11) is 3.69. The van der Waals surface area contributed by atoms with Gasteiger partial charge in [-0.3, -0.25) is 0 Å². The van der Waals surface area contributed by atoms with E-state index >= 15 is 0 Å². The third-order valence-electron chi connectivity index (χ3n) is 3.85. The fourth-order valence-corrected chi connectivity index (χ4v) is 2.89. The molecule has 0 aliphatic rings. The number of benzene rings is 2. The SMILES string of the molecule is COc1c(C)cc(N(C)Cc2ccc(F)cc2/C=C\Cl)cc1C. The van der Waals surface area contributed by atoms with Gasteiger partial charge in [0.05, 0.1) is 7.11 Å². The minimum atomic E-state index is -0.266. The molecule has 0 saturated heterocycles. The lowest BCUT2D eigenvalue weighted by molar-refractivity contribution is 0.408. The molecule has 0 aromatic heterocycles. The summed E-state index contributed by atoms with van der Waals surface area (Å²) < 4.78 is 18.8. The van der Waals surface area contributed by atoms with Crippen molar-refractivity contribution in [3.63, 3.8) is 0 Å². The van der Waals surface area contributed by atoms with Gasteiger partial charge in [-0.2, -0.15) is 0 Å².